The van der Waals surface area contributed by atoms with Gasteiger partial charge in [-0.15, -0.1) is 0 Å². The van der Waals surface area contributed by atoms with Gasteiger partial charge in [-0.1, -0.05) is 19.8 Å². The van der Waals surface area contributed by atoms with E-state index in [-0.39, 0.29) is 5.91 Å². The molecule has 4 heteroatoms. The summed E-state index contributed by atoms with van der Waals surface area (Å²) in [4.78, 5) is 15.9. The van der Waals surface area contributed by atoms with Crippen molar-refractivity contribution in [3.05, 3.63) is 24.0 Å². The molecule has 1 rings (SSSR count). The van der Waals surface area contributed by atoms with Crippen LogP contribution in [0.4, 0.5) is 5.69 Å². The molecule has 0 saturated heterocycles. The number of nitrogens with zero attached hydrogens (tertiary/aromatic N) is 1. The minimum Gasteiger partial charge on any atom is -0.330 e. The minimum atomic E-state index is 0.0641. The van der Waals surface area contributed by atoms with Crippen LogP contribution >= 0.6 is 0 Å². The normalized spacial score (nSPS) is 12.2. The first-order valence-corrected chi connectivity index (χ1v) is 7.07. The third-order valence-corrected chi connectivity index (χ3v) is 3.36. The Morgan fingerprint density at radius 3 is 2.84 bits per heavy atom. The molecule has 3 N–H and O–H groups in total. The molecular formula is C15H25N3O. The van der Waals surface area contributed by atoms with E-state index in [0.29, 0.717) is 18.9 Å². The molecule has 1 atom stereocenters. The minimum absolute atomic E-state index is 0.0641. The monoisotopic (exact) mass is 263 g/mol. The Bertz CT molecular complexity index is 387. The molecule has 19 heavy (non-hydrogen) atoms. The fraction of sp³-hybridized carbons (Fsp3) is 0.600. The first kappa shape index (κ1) is 15.6. The average Bonchev–Trinajstić information content (AvgIpc) is 2.39. The van der Waals surface area contributed by atoms with Gasteiger partial charge in [0, 0.05) is 12.6 Å². The molecule has 1 aromatic rings. The smallest absolute Gasteiger partial charge is 0.224 e. The lowest BCUT2D eigenvalue weighted by Gasteiger charge is -2.15. The number of rotatable bonds is 8. The summed E-state index contributed by atoms with van der Waals surface area (Å²) < 4.78 is 0. The van der Waals surface area contributed by atoms with Crippen LogP contribution in [0.3, 0.4) is 0 Å². The number of hydrogen-bond acceptors (Lipinski definition) is 3. The summed E-state index contributed by atoms with van der Waals surface area (Å²) in [5.41, 5.74) is 7.44. The molecule has 1 heterocycles. The Morgan fingerprint density at radius 1 is 1.42 bits per heavy atom. The number of nitrogens with one attached hydrogen (secondary N) is 1. The zero-order valence-corrected chi connectivity index (χ0v) is 12.0. The van der Waals surface area contributed by atoms with Crippen LogP contribution in [-0.2, 0) is 4.79 Å². The molecule has 1 unspecified atom stereocenters. The summed E-state index contributed by atoms with van der Waals surface area (Å²) in [6.45, 7) is 4.84. The molecule has 0 aliphatic carbocycles. The van der Waals surface area contributed by atoms with Crippen molar-refractivity contribution >= 4 is 11.6 Å². The molecule has 0 fully saturated rings. The van der Waals surface area contributed by atoms with Gasteiger partial charge in [0.25, 0.3) is 0 Å². The van der Waals surface area contributed by atoms with Crippen LogP contribution in [0.2, 0.25) is 0 Å². The summed E-state index contributed by atoms with van der Waals surface area (Å²) >= 11 is 0. The maximum absolute atomic E-state index is 11.9. The number of carbonyl (C=O) groups is 1. The van der Waals surface area contributed by atoms with Crippen LogP contribution in [0.15, 0.2) is 18.5 Å². The molecule has 1 aromatic heterocycles. The quantitative estimate of drug-likeness (QED) is 0.757. The third-order valence-electron chi connectivity index (χ3n) is 3.36. The molecule has 0 aliphatic rings. The Balaban J connectivity index is 2.40. The maximum atomic E-state index is 11.9. The number of aryl methyl sites for hydroxylation is 1. The predicted molar refractivity (Wildman–Crippen MR) is 78.9 cm³/mol. The number of carbonyl (C=O) groups excluding carboxylic acids is 1. The summed E-state index contributed by atoms with van der Waals surface area (Å²) in [6.07, 6.45) is 8.19. The molecule has 106 valence electrons. The number of pyridine rings is 1. The largest absolute Gasteiger partial charge is 0.330 e. The lowest BCUT2D eigenvalue weighted by molar-refractivity contribution is -0.116. The van der Waals surface area contributed by atoms with E-state index in [0.717, 1.165) is 36.9 Å². The van der Waals surface area contributed by atoms with Gasteiger partial charge >= 0.3 is 0 Å². The Morgan fingerprint density at radius 2 is 2.21 bits per heavy atom. The summed E-state index contributed by atoms with van der Waals surface area (Å²) in [7, 11) is 0. The lowest BCUT2D eigenvalue weighted by Crippen LogP contribution is -2.16. The fourth-order valence-electron chi connectivity index (χ4n) is 2.22. The highest BCUT2D eigenvalue weighted by molar-refractivity contribution is 5.91. The topological polar surface area (TPSA) is 68.0 Å². The van der Waals surface area contributed by atoms with Crippen molar-refractivity contribution in [3.63, 3.8) is 0 Å². The third kappa shape index (κ3) is 5.83. The average molecular weight is 263 g/mol. The molecule has 0 aromatic carbocycles. The molecule has 4 nitrogen and oxygen atoms in total. The fourth-order valence-corrected chi connectivity index (χ4v) is 2.22. The Hall–Kier alpha value is -1.42. The van der Waals surface area contributed by atoms with Crippen molar-refractivity contribution in [2.24, 2.45) is 11.7 Å². The van der Waals surface area contributed by atoms with Crippen molar-refractivity contribution in [1.82, 2.24) is 4.98 Å². The zero-order valence-electron chi connectivity index (χ0n) is 12.0. The van der Waals surface area contributed by atoms with Crippen molar-refractivity contribution in [2.45, 2.75) is 46.0 Å². The van der Waals surface area contributed by atoms with Crippen molar-refractivity contribution in [3.8, 4) is 0 Å². The standard InChI is InChI=1S/C15H25N3O/c1-3-4-13(7-9-16)5-6-15(19)18-14-11-17-10-8-12(14)2/h8,10-11,13H,3-7,9,16H2,1-2H3,(H,18,19). The first-order chi connectivity index (χ1) is 9.17. The molecule has 0 spiro atoms. The highest BCUT2D eigenvalue weighted by Crippen LogP contribution is 2.18. The summed E-state index contributed by atoms with van der Waals surface area (Å²) in [5, 5.41) is 2.92. The van der Waals surface area contributed by atoms with E-state index >= 15 is 0 Å². The Labute approximate surface area is 115 Å². The van der Waals surface area contributed by atoms with Gasteiger partial charge in [-0.2, -0.15) is 0 Å². The Kier molecular flexibility index (Phi) is 7.11. The van der Waals surface area contributed by atoms with Gasteiger partial charge in [0.15, 0.2) is 0 Å². The number of anilines is 1. The second kappa shape index (κ2) is 8.64. The van der Waals surface area contributed by atoms with Gasteiger partial charge in [-0.25, -0.2) is 0 Å². The van der Waals surface area contributed by atoms with Gasteiger partial charge in [-0.3, -0.25) is 9.78 Å². The SMILES string of the molecule is CCCC(CCN)CCC(=O)Nc1cnccc1C. The van der Waals surface area contributed by atoms with Crippen LogP contribution < -0.4 is 11.1 Å². The second-order valence-electron chi connectivity index (χ2n) is 5.01. The molecule has 0 aliphatic heterocycles. The van der Waals surface area contributed by atoms with Gasteiger partial charge in [0.1, 0.15) is 0 Å². The number of hydrogen-bond donors (Lipinski definition) is 2. The van der Waals surface area contributed by atoms with Crippen LogP contribution in [0.25, 0.3) is 0 Å². The highest BCUT2D eigenvalue weighted by Gasteiger charge is 2.11. The second-order valence-corrected chi connectivity index (χ2v) is 5.01. The van der Waals surface area contributed by atoms with Crippen LogP contribution in [0, 0.1) is 12.8 Å². The predicted octanol–water partition coefficient (Wildman–Crippen LogP) is 2.87. The molecule has 0 saturated carbocycles. The van der Waals surface area contributed by atoms with Gasteiger partial charge in [0.2, 0.25) is 5.91 Å². The van der Waals surface area contributed by atoms with Crippen molar-refractivity contribution in [1.29, 1.82) is 0 Å². The van der Waals surface area contributed by atoms with E-state index in [4.69, 9.17) is 5.73 Å². The molecular weight excluding hydrogens is 238 g/mol. The summed E-state index contributed by atoms with van der Waals surface area (Å²) in [5.74, 6) is 0.630. The van der Waals surface area contributed by atoms with E-state index in [2.05, 4.69) is 17.2 Å². The van der Waals surface area contributed by atoms with E-state index < -0.39 is 0 Å². The number of amides is 1. The van der Waals surface area contributed by atoms with E-state index in [1.165, 1.54) is 0 Å². The van der Waals surface area contributed by atoms with E-state index in [1.807, 2.05) is 13.0 Å². The summed E-state index contributed by atoms with van der Waals surface area (Å²) in [6, 6.07) is 1.89. The van der Waals surface area contributed by atoms with E-state index in [9.17, 15) is 4.79 Å². The lowest BCUT2D eigenvalue weighted by atomic mass is 9.94. The van der Waals surface area contributed by atoms with Gasteiger partial charge in [0.05, 0.1) is 11.9 Å². The van der Waals surface area contributed by atoms with Gasteiger partial charge < -0.3 is 11.1 Å². The van der Waals surface area contributed by atoms with E-state index in [1.54, 1.807) is 12.4 Å². The van der Waals surface area contributed by atoms with Crippen molar-refractivity contribution in [2.75, 3.05) is 11.9 Å². The van der Waals surface area contributed by atoms with Crippen molar-refractivity contribution < 1.29 is 4.79 Å². The molecule has 0 radical (unpaired) electrons. The number of nitrogens with two attached hydrogens (primary N) is 1. The maximum Gasteiger partial charge on any atom is 0.224 e. The first-order valence-electron chi connectivity index (χ1n) is 7.07. The van der Waals surface area contributed by atoms with Crippen LogP contribution in [0.5, 0.6) is 0 Å². The molecule has 0 bridgehead atoms. The van der Waals surface area contributed by atoms with Crippen LogP contribution in [0.1, 0.15) is 44.6 Å². The number of aromatic nitrogens is 1. The highest BCUT2D eigenvalue weighted by atomic mass is 16.1. The van der Waals surface area contributed by atoms with Gasteiger partial charge in [-0.05, 0) is 43.9 Å². The molecule has 1 amide bonds. The zero-order chi connectivity index (χ0) is 14.1. The van der Waals surface area contributed by atoms with Crippen LogP contribution in [-0.4, -0.2) is 17.4 Å².